The molecular weight excluding hydrogens is 316 g/mol. The summed E-state index contributed by atoms with van der Waals surface area (Å²) in [5.74, 6) is 0.358. The third-order valence-corrected chi connectivity index (χ3v) is 5.94. The van der Waals surface area contributed by atoms with Gasteiger partial charge in [-0.15, -0.1) is 0 Å². The van der Waals surface area contributed by atoms with Crippen molar-refractivity contribution < 1.29 is 17.9 Å². The van der Waals surface area contributed by atoms with Crippen molar-refractivity contribution >= 4 is 15.7 Å². The summed E-state index contributed by atoms with van der Waals surface area (Å²) in [4.78, 5) is 14.2. The molecule has 1 amide bonds. The molecule has 1 aromatic rings. The monoisotopic (exact) mass is 334 g/mol. The van der Waals surface area contributed by atoms with Crippen LogP contribution in [0.15, 0.2) is 24.3 Å². The Balaban J connectivity index is 1.67. The van der Waals surface area contributed by atoms with Crippen molar-refractivity contribution in [3.05, 3.63) is 29.8 Å². The molecule has 0 aromatic heterocycles. The second-order valence-corrected chi connectivity index (χ2v) is 8.21. The zero-order valence-electron chi connectivity index (χ0n) is 12.6. The smallest absolute Gasteiger partial charge is 0.261 e. The number of hydrogen-bond acceptors (Lipinski definition) is 5. The van der Waals surface area contributed by atoms with Gasteiger partial charge in [0.25, 0.3) is 5.91 Å². The average molecular weight is 334 g/mol. The molecule has 1 aromatic carbocycles. The highest BCUT2D eigenvalue weighted by molar-refractivity contribution is 7.91. The third-order valence-electron chi connectivity index (χ3n) is 4.19. The van der Waals surface area contributed by atoms with Gasteiger partial charge < -0.3 is 9.64 Å². The zero-order valence-corrected chi connectivity index (χ0v) is 13.5. The van der Waals surface area contributed by atoms with Crippen LogP contribution in [0, 0.1) is 11.3 Å². The van der Waals surface area contributed by atoms with E-state index in [1.165, 1.54) is 0 Å². The van der Waals surface area contributed by atoms with Crippen LogP contribution in [0.5, 0.6) is 5.75 Å². The Morgan fingerprint density at radius 2 is 2.00 bits per heavy atom. The lowest BCUT2D eigenvalue weighted by atomic mass is 10.2. The van der Waals surface area contributed by atoms with Crippen molar-refractivity contribution in [1.29, 1.82) is 5.26 Å². The van der Waals surface area contributed by atoms with Crippen LogP contribution in [0.4, 0.5) is 0 Å². The topological polar surface area (TPSA) is 87.5 Å². The molecule has 1 atom stereocenters. The molecule has 1 saturated carbocycles. The van der Waals surface area contributed by atoms with Crippen LogP contribution in [-0.4, -0.2) is 49.4 Å². The van der Waals surface area contributed by atoms with E-state index in [-0.39, 0.29) is 36.1 Å². The quantitative estimate of drug-likeness (QED) is 0.805. The summed E-state index contributed by atoms with van der Waals surface area (Å²) < 4.78 is 28.8. The molecule has 0 radical (unpaired) electrons. The maximum atomic E-state index is 12.5. The number of carbonyl (C=O) groups is 1. The van der Waals surface area contributed by atoms with E-state index in [1.807, 2.05) is 6.07 Å². The highest BCUT2D eigenvalue weighted by Crippen LogP contribution is 2.32. The van der Waals surface area contributed by atoms with Crippen molar-refractivity contribution in [2.45, 2.75) is 31.3 Å². The molecule has 0 bridgehead atoms. The Morgan fingerprint density at radius 3 is 2.61 bits per heavy atom. The summed E-state index contributed by atoms with van der Waals surface area (Å²) in [6.45, 7) is -0.175. The number of benzene rings is 1. The normalized spacial score (nSPS) is 22.3. The molecule has 1 saturated heterocycles. The molecule has 6 nitrogen and oxygen atoms in total. The molecular formula is C16H18N2O4S. The Kier molecular flexibility index (Phi) is 4.26. The van der Waals surface area contributed by atoms with E-state index in [1.54, 1.807) is 29.2 Å². The Bertz CT molecular complexity index is 750. The van der Waals surface area contributed by atoms with Crippen molar-refractivity contribution in [1.82, 2.24) is 4.90 Å². The number of nitriles is 1. The zero-order chi connectivity index (χ0) is 16.4. The number of para-hydroxylation sites is 1. The first-order valence-corrected chi connectivity index (χ1v) is 9.46. The molecule has 3 rings (SSSR count). The largest absolute Gasteiger partial charge is 0.482 e. The summed E-state index contributed by atoms with van der Waals surface area (Å²) in [5.41, 5.74) is 0.377. The number of ether oxygens (including phenoxy) is 1. The van der Waals surface area contributed by atoms with Crippen molar-refractivity contribution in [3.63, 3.8) is 0 Å². The van der Waals surface area contributed by atoms with Crippen LogP contribution in [0.3, 0.4) is 0 Å². The number of rotatable bonds is 5. The fourth-order valence-corrected chi connectivity index (χ4v) is 4.66. The Labute approximate surface area is 135 Å². The molecule has 1 aliphatic carbocycles. The second-order valence-electron chi connectivity index (χ2n) is 5.99. The van der Waals surface area contributed by atoms with Crippen LogP contribution in [0.25, 0.3) is 0 Å². The Morgan fingerprint density at radius 1 is 1.26 bits per heavy atom. The van der Waals surface area contributed by atoms with E-state index in [0.29, 0.717) is 17.7 Å². The van der Waals surface area contributed by atoms with Gasteiger partial charge in [-0.3, -0.25) is 4.79 Å². The van der Waals surface area contributed by atoms with E-state index in [4.69, 9.17) is 10.00 Å². The lowest BCUT2D eigenvalue weighted by molar-refractivity contribution is -0.135. The van der Waals surface area contributed by atoms with Gasteiger partial charge in [-0.2, -0.15) is 5.26 Å². The Hall–Kier alpha value is -2.07. The maximum Gasteiger partial charge on any atom is 0.261 e. The standard InChI is InChI=1S/C16H18N2O4S/c17-9-12-3-1-2-4-15(12)22-10-16(19)18(13-5-6-13)14-7-8-23(20,21)11-14/h1-4,13-14H,5-8,10-11H2. The lowest BCUT2D eigenvalue weighted by Crippen LogP contribution is -2.45. The van der Waals surface area contributed by atoms with E-state index in [2.05, 4.69) is 0 Å². The first-order chi connectivity index (χ1) is 11.0. The molecule has 0 N–H and O–H groups in total. The molecule has 1 unspecified atom stereocenters. The fraction of sp³-hybridized carbons (Fsp3) is 0.500. The molecule has 1 heterocycles. The van der Waals surface area contributed by atoms with Crippen LogP contribution >= 0.6 is 0 Å². The minimum absolute atomic E-state index is 0.0457. The highest BCUT2D eigenvalue weighted by atomic mass is 32.2. The van der Waals surface area contributed by atoms with Gasteiger partial charge in [0, 0.05) is 12.1 Å². The highest BCUT2D eigenvalue weighted by Gasteiger charge is 2.42. The number of sulfone groups is 1. The van der Waals surface area contributed by atoms with Crippen LogP contribution in [0.1, 0.15) is 24.8 Å². The SMILES string of the molecule is N#Cc1ccccc1OCC(=O)N(C1CC1)C1CCS(=O)(=O)C1. The summed E-state index contributed by atoms with van der Waals surface area (Å²) in [7, 11) is -3.04. The predicted octanol–water partition coefficient (Wildman–Crippen LogP) is 1.12. The molecule has 122 valence electrons. The first kappa shape index (κ1) is 15.8. The summed E-state index contributed by atoms with van der Waals surface area (Å²) in [5, 5.41) is 9.03. The molecule has 1 aliphatic heterocycles. The number of hydrogen-bond donors (Lipinski definition) is 0. The fourth-order valence-electron chi connectivity index (χ4n) is 2.95. The number of amides is 1. The third kappa shape index (κ3) is 3.64. The molecule has 0 spiro atoms. The lowest BCUT2D eigenvalue weighted by Gasteiger charge is -2.28. The summed E-state index contributed by atoms with van der Waals surface area (Å²) >= 11 is 0. The van der Waals surface area contributed by atoms with Gasteiger partial charge in [0.05, 0.1) is 17.1 Å². The summed E-state index contributed by atoms with van der Waals surface area (Å²) in [6.07, 6.45) is 2.33. The van der Waals surface area contributed by atoms with Gasteiger partial charge in [-0.25, -0.2) is 8.42 Å². The van der Waals surface area contributed by atoms with E-state index >= 15 is 0 Å². The first-order valence-electron chi connectivity index (χ1n) is 7.64. The predicted molar refractivity (Wildman–Crippen MR) is 83.6 cm³/mol. The minimum atomic E-state index is -3.04. The number of nitrogens with zero attached hydrogens (tertiary/aromatic N) is 2. The van der Waals surface area contributed by atoms with Crippen molar-refractivity contribution in [2.24, 2.45) is 0 Å². The van der Waals surface area contributed by atoms with Crippen LogP contribution in [0.2, 0.25) is 0 Å². The van der Waals surface area contributed by atoms with Gasteiger partial charge >= 0.3 is 0 Å². The van der Waals surface area contributed by atoms with Crippen molar-refractivity contribution in [2.75, 3.05) is 18.1 Å². The van der Waals surface area contributed by atoms with Crippen LogP contribution in [-0.2, 0) is 14.6 Å². The van der Waals surface area contributed by atoms with Crippen molar-refractivity contribution in [3.8, 4) is 11.8 Å². The molecule has 7 heteroatoms. The average Bonchev–Trinajstić information content (AvgIpc) is 3.29. The molecule has 23 heavy (non-hydrogen) atoms. The van der Waals surface area contributed by atoms with Gasteiger partial charge in [0.15, 0.2) is 16.4 Å². The van der Waals surface area contributed by atoms with Crippen LogP contribution < -0.4 is 4.74 Å². The van der Waals surface area contributed by atoms with E-state index in [0.717, 1.165) is 12.8 Å². The molecule has 2 aliphatic rings. The molecule has 2 fully saturated rings. The van der Waals surface area contributed by atoms with Gasteiger partial charge in [0.2, 0.25) is 0 Å². The number of carbonyl (C=O) groups excluding carboxylic acids is 1. The van der Waals surface area contributed by atoms with Gasteiger partial charge in [-0.1, -0.05) is 12.1 Å². The second kappa shape index (κ2) is 6.20. The summed E-state index contributed by atoms with van der Waals surface area (Å²) in [6, 6.07) is 8.66. The van der Waals surface area contributed by atoms with Gasteiger partial charge in [-0.05, 0) is 31.4 Å². The van der Waals surface area contributed by atoms with E-state index in [9.17, 15) is 13.2 Å². The minimum Gasteiger partial charge on any atom is -0.482 e. The van der Waals surface area contributed by atoms with Gasteiger partial charge in [0.1, 0.15) is 11.8 Å². The maximum absolute atomic E-state index is 12.5. The van der Waals surface area contributed by atoms with E-state index < -0.39 is 9.84 Å².